The van der Waals surface area contributed by atoms with Crippen LogP contribution in [0.3, 0.4) is 0 Å². The number of esters is 1. The van der Waals surface area contributed by atoms with E-state index in [4.69, 9.17) is 9.47 Å². The van der Waals surface area contributed by atoms with Crippen LogP contribution in [0.4, 0.5) is 0 Å². The van der Waals surface area contributed by atoms with Crippen LogP contribution in [0.2, 0.25) is 0 Å². The van der Waals surface area contributed by atoms with Crippen LogP contribution >= 0.6 is 0 Å². The quantitative estimate of drug-likeness (QED) is 0.514. The van der Waals surface area contributed by atoms with Crippen LogP contribution in [0, 0.1) is 0 Å². The van der Waals surface area contributed by atoms with Crippen molar-refractivity contribution in [3.8, 4) is 5.75 Å². The van der Waals surface area contributed by atoms with Crippen molar-refractivity contribution >= 4 is 11.9 Å². The fourth-order valence-electron chi connectivity index (χ4n) is 3.21. The number of nitrogens with zero attached hydrogens (tertiary/aromatic N) is 1. The smallest absolute Gasteiger partial charge is 0.373 e. The zero-order valence-electron chi connectivity index (χ0n) is 13.3. The Bertz CT molecular complexity index is 711. The van der Waals surface area contributed by atoms with E-state index in [-0.39, 0.29) is 12.2 Å². The van der Waals surface area contributed by atoms with E-state index in [9.17, 15) is 14.7 Å². The molecule has 3 rings (SSSR count). The highest BCUT2D eigenvalue weighted by atomic mass is 16.5. The van der Waals surface area contributed by atoms with Crippen LogP contribution in [-0.4, -0.2) is 41.3 Å². The van der Waals surface area contributed by atoms with Crippen LogP contribution in [-0.2, 0) is 14.3 Å². The maximum Gasteiger partial charge on any atom is 0.373 e. The summed E-state index contributed by atoms with van der Waals surface area (Å²) >= 11 is 0. The first-order valence-electron chi connectivity index (χ1n) is 7.55. The molecule has 2 unspecified atom stereocenters. The van der Waals surface area contributed by atoms with E-state index in [1.807, 2.05) is 31.2 Å². The van der Waals surface area contributed by atoms with Crippen molar-refractivity contribution < 1.29 is 24.2 Å². The number of aliphatic hydroxyl groups excluding tert-OH is 1. The molecule has 2 bridgehead atoms. The molecule has 1 N–H and O–H groups in total. The third-order valence-electron chi connectivity index (χ3n) is 4.52. The molecule has 6 nitrogen and oxygen atoms in total. The van der Waals surface area contributed by atoms with Crippen molar-refractivity contribution in [1.82, 2.24) is 4.90 Å². The SMILES string of the molecule is CCOC(=O)/C(O)=C1/C(=O)N(C)C2(C)CC1c1ccccc1O2. The summed E-state index contributed by atoms with van der Waals surface area (Å²) in [5, 5.41) is 10.3. The molecular formula is C17H19NO5. The van der Waals surface area contributed by atoms with Crippen LogP contribution in [0.5, 0.6) is 5.75 Å². The highest BCUT2D eigenvalue weighted by molar-refractivity contribution is 6.03. The number of benzene rings is 1. The number of amides is 1. The van der Waals surface area contributed by atoms with Gasteiger partial charge >= 0.3 is 5.97 Å². The van der Waals surface area contributed by atoms with Crippen molar-refractivity contribution in [2.24, 2.45) is 0 Å². The predicted octanol–water partition coefficient (Wildman–Crippen LogP) is 2.12. The number of fused-ring (bicyclic) bond motifs is 4. The number of ether oxygens (including phenoxy) is 2. The standard InChI is InChI=1S/C17H19NO5/c1-4-22-16(21)14(19)13-11-9-17(2,18(3)15(13)20)23-12-8-6-5-7-10(11)12/h5-8,11,19H,4,9H2,1-3H3/b14-13-. The lowest BCUT2D eigenvalue weighted by atomic mass is 9.77. The molecule has 1 amide bonds. The molecule has 1 aromatic carbocycles. The minimum atomic E-state index is -0.878. The normalized spacial score (nSPS) is 27.9. The van der Waals surface area contributed by atoms with E-state index < -0.39 is 29.3 Å². The Morgan fingerprint density at radius 3 is 2.87 bits per heavy atom. The molecule has 23 heavy (non-hydrogen) atoms. The lowest BCUT2D eigenvalue weighted by Gasteiger charge is -2.49. The molecular weight excluding hydrogens is 298 g/mol. The zero-order chi connectivity index (χ0) is 16.8. The monoisotopic (exact) mass is 317 g/mol. The van der Waals surface area contributed by atoms with Gasteiger partial charge in [-0.2, -0.15) is 0 Å². The third kappa shape index (κ3) is 2.25. The lowest BCUT2D eigenvalue weighted by Crippen LogP contribution is -2.59. The van der Waals surface area contributed by atoms with Crippen LogP contribution in [0.15, 0.2) is 35.6 Å². The van der Waals surface area contributed by atoms with Gasteiger partial charge in [-0.25, -0.2) is 4.79 Å². The number of piperidine rings is 1. The molecule has 0 saturated carbocycles. The summed E-state index contributed by atoms with van der Waals surface area (Å²) in [5.74, 6) is -1.68. The maximum absolute atomic E-state index is 12.7. The van der Waals surface area contributed by atoms with Crippen LogP contribution in [0.25, 0.3) is 0 Å². The van der Waals surface area contributed by atoms with Gasteiger partial charge in [0.2, 0.25) is 5.76 Å². The molecule has 2 heterocycles. The first-order chi connectivity index (χ1) is 10.9. The summed E-state index contributed by atoms with van der Waals surface area (Å²) in [4.78, 5) is 26.1. The molecule has 1 aromatic rings. The Morgan fingerprint density at radius 1 is 1.48 bits per heavy atom. The number of carbonyl (C=O) groups excluding carboxylic acids is 2. The van der Waals surface area contributed by atoms with E-state index in [1.54, 1.807) is 14.0 Å². The Hall–Kier alpha value is -2.50. The number of likely N-dealkylation sites (N-methyl/N-ethyl adjacent to an activating group) is 1. The Labute approximate surface area is 134 Å². The van der Waals surface area contributed by atoms with Crippen LogP contribution < -0.4 is 4.74 Å². The van der Waals surface area contributed by atoms with E-state index in [1.165, 1.54) is 4.90 Å². The van der Waals surface area contributed by atoms with Crippen molar-refractivity contribution in [2.75, 3.05) is 13.7 Å². The molecule has 0 aliphatic carbocycles. The Kier molecular flexibility index (Phi) is 3.55. The van der Waals surface area contributed by atoms with Crippen molar-refractivity contribution in [2.45, 2.75) is 31.9 Å². The van der Waals surface area contributed by atoms with Crippen LogP contribution in [0.1, 0.15) is 31.7 Å². The third-order valence-corrected chi connectivity index (χ3v) is 4.52. The number of aliphatic hydroxyl groups is 1. The van der Waals surface area contributed by atoms with Gasteiger partial charge in [0.15, 0.2) is 5.72 Å². The van der Waals surface area contributed by atoms with Gasteiger partial charge < -0.3 is 19.5 Å². The van der Waals surface area contributed by atoms with Gasteiger partial charge in [0.05, 0.1) is 12.2 Å². The van der Waals surface area contributed by atoms with Gasteiger partial charge in [-0.3, -0.25) is 4.79 Å². The van der Waals surface area contributed by atoms with Crippen molar-refractivity contribution in [1.29, 1.82) is 0 Å². The molecule has 122 valence electrons. The Morgan fingerprint density at radius 2 is 2.17 bits per heavy atom. The first kappa shape index (κ1) is 15.4. The Balaban J connectivity index is 2.17. The number of carbonyl (C=O) groups is 2. The summed E-state index contributed by atoms with van der Waals surface area (Å²) < 4.78 is 10.8. The van der Waals surface area contributed by atoms with Gasteiger partial charge in [-0.1, -0.05) is 18.2 Å². The topological polar surface area (TPSA) is 76.1 Å². The summed E-state index contributed by atoms with van der Waals surface area (Å²) in [7, 11) is 1.60. The fourth-order valence-corrected chi connectivity index (χ4v) is 3.21. The highest BCUT2D eigenvalue weighted by Crippen LogP contribution is 2.49. The second-order valence-corrected chi connectivity index (χ2v) is 5.92. The molecule has 2 aliphatic heterocycles. The highest BCUT2D eigenvalue weighted by Gasteiger charge is 2.51. The molecule has 0 spiro atoms. The largest absolute Gasteiger partial charge is 0.501 e. The predicted molar refractivity (Wildman–Crippen MR) is 81.9 cm³/mol. The number of likely N-dealkylation sites (tertiary alicyclic amines) is 1. The molecule has 0 aromatic heterocycles. The minimum Gasteiger partial charge on any atom is -0.501 e. The van der Waals surface area contributed by atoms with Crippen molar-refractivity contribution in [3.63, 3.8) is 0 Å². The van der Waals surface area contributed by atoms with Crippen molar-refractivity contribution in [3.05, 3.63) is 41.2 Å². The summed E-state index contributed by atoms with van der Waals surface area (Å²) in [5.41, 5.74) is 0.0469. The van der Waals surface area contributed by atoms with Gasteiger partial charge in [-0.05, 0) is 19.9 Å². The van der Waals surface area contributed by atoms with E-state index in [2.05, 4.69) is 0 Å². The number of para-hydroxylation sites is 1. The minimum absolute atomic E-state index is 0.0687. The van der Waals surface area contributed by atoms with Gasteiger partial charge in [0.25, 0.3) is 5.91 Å². The van der Waals surface area contributed by atoms with Gasteiger partial charge in [0.1, 0.15) is 5.75 Å². The average molecular weight is 317 g/mol. The zero-order valence-corrected chi connectivity index (χ0v) is 13.3. The lowest BCUT2D eigenvalue weighted by molar-refractivity contribution is -0.155. The summed E-state index contributed by atoms with van der Waals surface area (Å²) in [6.07, 6.45) is 0.463. The van der Waals surface area contributed by atoms with Gasteiger partial charge in [-0.15, -0.1) is 0 Å². The van der Waals surface area contributed by atoms with E-state index in [0.717, 1.165) is 5.56 Å². The summed E-state index contributed by atoms with van der Waals surface area (Å²) in [6.45, 7) is 3.60. The molecule has 1 fully saturated rings. The second-order valence-electron chi connectivity index (χ2n) is 5.92. The number of hydrogen-bond acceptors (Lipinski definition) is 5. The van der Waals surface area contributed by atoms with E-state index >= 15 is 0 Å². The average Bonchev–Trinajstić information content (AvgIpc) is 2.53. The first-order valence-corrected chi connectivity index (χ1v) is 7.55. The molecule has 1 saturated heterocycles. The summed E-state index contributed by atoms with van der Waals surface area (Å²) in [6, 6.07) is 7.35. The molecule has 0 radical (unpaired) electrons. The van der Waals surface area contributed by atoms with Gasteiger partial charge in [0, 0.05) is 24.9 Å². The second kappa shape index (κ2) is 5.30. The molecule has 6 heteroatoms. The fraction of sp³-hybridized carbons (Fsp3) is 0.412. The molecule has 2 aliphatic rings. The number of rotatable bonds is 2. The van der Waals surface area contributed by atoms with E-state index in [0.29, 0.717) is 12.2 Å². The number of hydrogen-bond donors (Lipinski definition) is 1. The molecule has 2 atom stereocenters. The maximum atomic E-state index is 12.7.